The second-order valence-corrected chi connectivity index (χ2v) is 14.5. The van der Waals surface area contributed by atoms with Crippen molar-refractivity contribution in [3.05, 3.63) is 169 Å². The van der Waals surface area contributed by atoms with Crippen molar-refractivity contribution >= 4 is 64.6 Å². The first-order valence-corrected chi connectivity index (χ1v) is 17.3. The van der Waals surface area contributed by atoms with Crippen LogP contribution in [0.5, 0.6) is 0 Å². The maximum Gasteiger partial charge on any atom is 0.0159 e. The van der Waals surface area contributed by atoms with Gasteiger partial charge in [-0.15, -0.1) is 0 Å². The Kier molecular flexibility index (Phi) is 5.27. The Balaban J connectivity index is 1.01. The number of hydrogen-bond donors (Lipinski definition) is 0. The Hall–Kier alpha value is -5.98. The predicted octanol–water partition coefficient (Wildman–Crippen LogP) is 13.7. The first-order valence-electron chi connectivity index (χ1n) is 17.3. The first kappa shape index (κ1) is 27.0. The zero-order valence-corrected chi connectivity index (χ0v) is 27.5. The number of hydrogen-bond acceptors (Lipinski definition) is 0. The molecule has 1 aliphatic carbocycles. The highest BCUT2D eigenvalue weighted by Gasteiger charge is 2.35. The molecular formula is C49H32. The average Bonchev–Trinajstić information content (AvgIpc) is 3.38. The van der Waals surface area contributed by atoms with Crippen LogP contribution in [0.25, 0.3) is 98.0 Å². The van der Waals surface area contributed by atoms with E-state index in [0.29, 0.717) is 0 Å². The van der Waals surface area contributed by atoms with Crippen molar-refractivity contribution in [2.45, 2.75) is 19.3 Å². The van der Waals surface area contributed by atoms with Crippen molar-refractivity contribution in [2.24, 2.45) is 0 Å². The maximum atomic E-state index is 2.47. The number of fused-ring (bicyclic) bond motifs is 1. The molecule has 0 atom stereocenters. The Morgan fingerprint density at radius 3 is 1.37 bits per heavy atom. The molecule has 0 amide bonds. The van der Waals surface area contributed by atoms with Crippen LogP contribution in [0.1, 0.15) is 25.0 Å². The smallest absolute Gasteiger partial charge is 0.0159 e. The topological polar surface area (TPSA) is 0 Å². The summed E-state index contributed by atoms with van der Waals surface area (Å²) in [6, 6.07) is 59.4. The summed E-state index contributed by atoms with van der Waals surface area (Å²) < 4.78 is 0. The summed E-state index contributed by atoms with van der Waals surface area (Å²) in [7, 11) is 0. The largest absolute Gasteiger partial charge is 0.0616 e. The zero-order valence-electron chi connectivity index (χ0n) is 27.5. The lowest BCUT2D eigenvalue weighted by atomic mass is 9.80. The molecule has 0 aromatic heterocycles. The molecule has 0 heteroatoms. The van der Waals surface area contributed by atoms with Gasteiger partial charge < -0.3 is 0 Å². The van der Waals surface area contributed by atoms with Gasteiger partial charge in [-0.3, -0.25) is 0 Å². The zero-order chi connectivity index (χ0) is 32.4. The van der Waals surface area contributed by atoms with E-state index in [1.54, 1.807) is 0 Å². The predicted molar refractivity (Wildman–Crippen MR) is 211 cm³/mol. The average molecular weight is 621 g/mol. The van der Waals surface area contributed by atoms with Gasteiger partial charge in [-0.25, -0.2) is 0 Å². The van der Waals surface area contributed by atoms with Crippen LogP contribution in [0.3, 0.4) is 0 Å². The highest BCUT2D eigenvalue weighted by Crippen LogP contribution is 2.51. The summed E-state index contributed by atoms with van der Waals surface area (Å²) in [5, 5.41) is 16.0. The first-order chi connectivity index (χ1) is 24.0. The van der Waals surface area contributed by atoms with Gasteiger partial charge in [0.05, 0.1) is 0 Å². The minimum Gasteiger partial charge on any atom is -0.0616 e. The van der Waals surface area contributed by atoms with Crippen LogP contribution >= 0.6 is 0 Å². The van der Waals surface area contributed by atoms with Crippen LogP contribution in [-0.2, 0) is 5.41 Å². The molecule has 0 fully saturated rings. The SMILES string of the molecule is CC1(C)c2cc(-c3ccc(-c4cc5ccc6cccc7ccc(c4)c5c67)cc3)cc3ccc4cc(-c5cccc6ccccc56)cc1c4c23. The standard InChI is InChI=1S/C49H32/c1-49(2)43-27-39(25-36-21-22-37-26-40(28-44(49)48(37)47(36)43)42-12-6-8-31-7-3-4-11-41(31)42)30-15-13-29(14-16-30)38-23-34-19-17-32-9-5-10-33-18-20-35(24-38)46(34)45(32)33/h3-28H,1-2H3. The molecule has 0 saturated heterocycles. The molecule has 0 radical (unpaired) electrons. The fourth-order valence-corrected chi connectivity index (χ4v) is 9.04. The van der Waals surface area contributed by atoms with Crippen molar-refractivity contribution in [2.75, 3.05) is 0 Å². The third-order valence-corrected chi connectivity index (χ3v) is 11.5. The Morgan fingerprint density at radius 1 is 0.306 bits per heavy atom. The quantitative estimate of drug-likeness (QED) is 0.172. The van der Waals surface area contributed by atoms with Crippen molar-refractivity contribution < 1.29 is 0 Å². The van der Waals surface area contributed by atoms with Gasteiger partial charge in [0.15, 0.2) is 0 Å². The summed E-state index contributed by atoms with van der Waals surface area (Å²) >= 11 is 0. The molecule has 10 aromatic carbocycles. The molecule has 0 spiro atoms. The third kappa shape index (κ3) is 3.75. The van der Waals surface area contributed by atoms with Crippen LogP contribution in [0.15, 0.2) is 158 Å². The number of rotatable bonds is 3. The molecule has 0 heterocycles. The highest BCUT2D eigenvalue weighted by molar-refractivity contribution is 6.24. The molecule has 1 aliphatic rings. The Morgan fingerprint density at radius 2 is 0.735 bits per heavy atom. The molecule has 0 saturated carbocycles. The van der Waals surface area contributed by atoms with Crippen LogP contribution in [-0.4, -0.2) is 0 Å². The Labute approximate surface area is 285 Å². The maximum absolute atomic E-state index is 2.47. The highest BCUT2D eigenvalue weighted by atomic mass is 14.4. The third-order valence-electron chi connectivity index (χ3n) is 11.5. The molecule has 0 aliphatic heterocycles. The second-order valence-electron chi connectivity index (χ2n) is 14.5. The van der Waals surface area contributed by atoms with Gasteiger partial charge in [0.2, 0.25) is 0 Å². The summed E-state index contributed by atoms with van der Waals surface area (Å²) in [6.45, 7) is 4.81. The van der Waals surface area contributed by atoms with Gasteiger partial charge in [0, 0.05) is 5.41 Å². The van der Waals surface area contributed by atoms with E-state index in [0.717, 1.165) is 0 Å². The van der Waals surface area contributed by atoms with E-state index in [9.17, 15) is 0 Å². The second kappa shape index (κ2) is 9.56. The van der Waals surface area contributed by atoms with Crippen molar-refractivity contribution in [1.29, 1.82) is 0 Å². The Bertz CT molecular complexity index is 2920. The van der Waals surface area contributed by atoms with E-state index in [4.69, 9.17) is 0 Å². The molecular weight excluding hydrogens is 589 g/mol. The minimum absolute atomic E-state index is 0.110. The van der Waals surface area contributed by atoms with Crippen LogP contribution in [0.4, 0.5) is 0 Å². The van der Waals surface area contributed by atoms with Crippen LogP contribution in [0.2, 0.25) is 0 Å². The molecule has 11 rings (SSSR count). The molecule has 228 valence electrons. The summed E-state index contributed by atoms with van der Waals surface area (Å²) in [6.07, 6.45) is 0. The molecule has 0 N–H and O–H groups in total. The van der Waals surface area contributed by atoms with Crippen LogP contribution < -0.4 is 0 Å². The van der Waals surface area contributed by atoms with E-state index in [2.05, 4.69) is 172 Å². The monoisotopic (exact) mass is 620 g/mol. The molecule has 10 aromatic rings. The van der Waals surface area contributed by atoms with E-state index in [1.165, 1.54) is 109 Å². The fraction of sp³-hybridized carbons (Fsp3) is 0.0612. The van der Waals surface area contributed by atoms with Gasteiger partial charge in [0.1, 0.15) is 0 Å². The van der Waals surface area contributed by atoms with E-state index in [1.807, 2.05) is 0 Å². The van der Waals surface area contributed by atoms with Gasteiger partial charge in [-0.2, -0.15) is 0 Å². The van der Waals surface area contributed by atoms with Gasteiger partial charge in [0.25, 0.3) is 0 Å². The molecule has 0 bridgehead atoms. The summed E-state index contributed by atoms with van der Waals surface area (Å²) in [5.41, 5.74) is 10.4. The van der Waals surface area contributed by atoms with Crippen molar-refractivity contribution in [1.82, 2.24) is 0 Å². The minimum atomic E-state index is -0.110. The van der Waals surface area contributed by atoms with Crippen LogP contribution in [0, 0.1) is 0 Å². The molecule has 0 unspecified atom stereocenters. The normalized spacial score (nSPS) is 13.7. The lowest BCUT2D eigenvalue weighted by Crippen LogP contribution is -2.15. The van der Waals surface area contributed by atoms with Crippen molar-refractivity contribution in [3.63, 3.8) is 0 Å². The van der Waals surface area contributed by atoms with E-state index >= 15 is 0 Å². The lowest BCUT2D eigenvalue weighted by Gasteiger charge is -2.23. The van der Waals surface area contributed by atoms with Gasteiger partial charge in [-0.05, 0) is 146 Å². The van der Waals surface area contributed by atoms with Gasteiger partial charge in [-0.1, -0.05) is 135 Å². The van der Waals surface area contributed by atoms with E-state index < -0.39 is 0 Å². The summed E-state index contributed by atoms with van der Waals surface area (Å²) in [5.74, 6) is 0. The summed E-state index contributed by atoms with van der Waals surface area (Å²) in [4.78, 5) is 0. The van der Waals surface area contributed by atoms with E-state index in [-0.39, 0.29) is 5.41 Å². The molecule has 49 heavy (non-hydrogen) atoms. The molecule has 0 nitrogen and oxygen atoms in total. The lowest BCUT2D eigenvalue weighted by molar-refractivity contribution is 0.663. The van der Waals surface area contributed by atoms with Crippen molar-refractivity contribution in [3.8, 4) is 33.4 Å². The number of benzene rings is 10. The fourth-order valence-electron chi connectivity index (χ4n) is 9.04. The van der Waals surface area contributed by atoms with Gasteiger partial charge >= 0.3 is 0 Å².